The van der Waals surface area contributed by atoms with Gasteiger partial charge in [0.15, 0.2) is 0 Å². The minimum absolute atomic E-state index is 0.182. The van der Waals surface area contributed by atoms with Gasteiger partial charge in [0, 0.05) is 25.6 Å². The predicted molar refractivity (Wildman–Crippen MR) is 60.1 cm³/mol. The third-order valence-corrected chi connectivity index (χ3v) is 2.87. The summed E-state index contributed by atoms with van der Waals surface area (Å²) in [6, 6.07) is 4.02. The Bertz CT molecular complexity index is 399. The van der Waals surface area contributed by atoms with Crippen LogP contribution in [0.2, 0.25) is 0 Å². The second-order valence-electron chi connectivity index (χ2n) is 4.31. The normalized spacial score (nSPS) is 15.7. The second-order valence-corrected chi connectivity index (χ2v) is 4.31. The number of hydrogen-bond acceptors (Lipinski definition) is 2. The number of aryl methyl sites for hydroxylation is 1. The number of amides is 1. The summed E-state index contributed by atoms with van der Waals surface area (Å²) >= 11 is 0. The Kier molecular flexibility index (Phi) is 2.47. The van der Waals surface area contributed by atoms with Gasteiger partial charge in [-0.15, -0.1) is 0 Å². The number of fused-ring (bicyclic) bond motifs is 1. The number of pyridine rings is 1. The number of carbonyl (C=O) groups excluding carboxylic acids is 1. The molecule has 2 heterocycles. The number of hydrogen-bond donors (Lipinski definition) is 0. The monoisotopic (exact) mass is 204 g/mol. The lowest BCUT2D eigenvalue weighted by molar-refractivity contribution is -0.118. The smallest absolute Gasteiger partial charge is 0.227 e. The van der Waals surface area contributed by atoms with Crippen LogP contribution in [0.3, 0.4) is 0 Å². The summed E-state index contributed by atoms with van der Waals surface area (Å²) in [5.74, 6) is 0.625. The van der Waals surface area contributed by atoms with Gasteiger partial charge in [-0.1, -0.05) is 13.8 Å². The third-order valence-electron chi connectivity index (χ3n) is 2.87. The Hall–Kier alpha value is -1.38. The molecule has 0 spiro atoms. The molecule has 1 aliphatic rings. The van der Waals surface area contributed by atoms with Crippen molar-refractivity contribution < 1.29 is 4.79 Å². The molecule has 3 nitrogen and oxygen atoms in total. The van der Waals surface area contributed by atoms with Crippen molar-refractivity contribution in [2.75, 3.05) is 11.9 Å². The van der Waals surface area contributed by atoms with Gasteiger partial charge in [-0.25, -0.2) is 0 Å². The fraction of sp³-hybridized carbons (Fsp3) is 0.500. The summed E-state index contributed by atoms with van der Waals surface area (Å²) in [5.41, 5.74) is 3.13. The molecule has 80 valence electrons. The van der Waals surface area contributed by atoms with Crippen molar-refractivity contribution in [2.24, 2.45) is 0 Å². The first-order valence-corrected chi connectivity index (χ1v) is 5.36. The maximum Gasteiger partial charge on any atom is 0.227 e. The molecule has 0 fully saturated rings. The van der Waals surface area contributed by atoms with Crippen LogP contribution in [0.25, 0.3) is 0 Å². The van der Waals surface area contributed by atoms with Gasteiger partial charge < -0.3 is 4.90 Å². The SMILES string of the molecule is CC(C)c1ccc2c(n1)CCC(=O)N2C. The van der Waals surface area contributed by atoms with E-state index in [4.69, 9.17) is 0 Å². The van der Waals surface area contributed by atoms with Crippen molar-refractivity contribution in [3.05, 3.63) is 23.5 Å². The molecule has 0 radical (unpaired) electrons. The van der Waals surface area contributed by atoms with Crippen LogP contribution in [0.1, 0.15) is 37.6 Å². The second kappa shape index (κ2) is 3.65. The van der Waals surface area contributed by atoms with Crippen molar-refractivity contribution in [1.29, 1.82) is 0 Å². The van der Waals surface area contributed by atoms with Crippen molar-refractivity contribution >= 4 is 11.6 Å². The fourth-order valence-corrected chi connectivity index (χ4v) is 1.85. The van der Waals surface area contributed by atoms with Crippen LogP contribution >= 0.6 is 0 Å². The zero-order chi connectivity index (χ0) is 11.0. The molecule has 15 heavy (non-hydrogen) atoms. The van der Waals surface area contributed by atoms with Crippen LogP contribution in [0.15, 0.2) is 12.1 Å². The van der Waals surface area contributed by atoms with Gasteiger partial charge in [0.25, 0.3) is 0 Å². The quantitative estimate of drug-likeness (QED) is 0.702. The van der Waals surface area contributed by atoms with Gasteiger partial charge in [-0.05, 0) is 18.1 Å². The van der Waals surface area contributed by atoms with Crippen molar-refractivity contribution in [3.63, 3.8) is 0 Å². The maximum atomic E-state index is 11.5. The molecule has 1 aliphatic heterocycles. The number of nitrogens with zero attached hydrogens (tertiary/aromatic N) is 2. The summed E-state index contributed by atoms with van der Waals surface area (Å²) < 4.78 is 0. The van der Waals surface area contributed by atoms with Gasteiger partial charge in [-0.3, -0.25) is 9.78 Å². The molecule has 2 rings (SSSR count). The molecule has 1 aromatic heterocycles. The average Bonchev–Trinajstić information content (AvgIpc) is 2.23. The highest BCUT2D eigenvalue weighted by atomic mass is 16.2. The molecule has 3 heteroatoms. The lowest BCUT2D eigenvalue weighted by Gasteiger charge is -2.25. The third kappa shape index (κ3) is 1.74. The van der Waals surface area contributed by atoms with Crippen molar-refractivity contribution in [2.45, 2.75) is 32.6 Å². The van der Waals surface area contributed by atoms with Crippen LogP contribution < -0.4 is 4.90 Å². The first-order valence-electron chi connectivity index (χ1n) is 5.36. The Labute approximate surface area is 90.1 Å². The van der Waals surface area contributed by atoms with E-state index in [2.05, 4.69) is 18.8 Å². The summed E-state index contributed by atoms with van der Waals surface area (Å²) in [6.07, 6.45) is 1.36. The van der Waals surface area contributed by atoms with Gasteiger partial charge in [0.05, 0.1) is 11.4 Å². The van der Waals surface area contributed by atoms with Crippen molar-refractivity contribution in [3.8, 4) is 0 Å². The molecule has 1 amide bonds. The van der Waals surface area contributed by atoms with Gasteiger partial charge >= 0.3 is 0 Å². The van der Waals surface area contributed by atoms with Crippen LogP contribution in [-0.4, -0.2) is 17.9 Å². The number of aromatic nitrogens is 1. The molecule has 0 saturated heterocycles. The van der Waals surface area contributed by atoms with Crippen LogP contribution in [0, 0.1) is 0 Å². The molecule has 0 saturated carbocycles. The lowest BCUT2D eigenvalue weighted by Crippen LogP contribution is -2.31. The zero-order valence-electron chi connectivity index (χ0n) is 9.45. The van der Waals surface area contributed by atoms with Gasteiger partial charge in [0.2, 0.25) is 5.91 Å². The number of rotatable bonds is 1. The van der Waals surface area contributed by atoms with E-state index in [0.717, 1.165) is 23.5 Å². The summed E-state index contributed by atoms with van der Waals surface area (Å²) in [6.45, 7) is 4.26. The standard InChI is InChI=1S/C12H16N2O/c1-8(2)9-4-6-11-10(13-9)5-7-12(15)14(11)3/h4,6,8H,5,7H2,1-3H3. The van der Waals surface area contributed by atoms with Crippen molar-refractivity contribution in [1.82, 2.24) is 4.98 Å². The molecule has 0 unspecified atom stereocenters. The Morgan fingerprint density at radius 3 is 2.73 bits per heavy atom. The lowest BCUT2D eigenvalue weighted by atomic mass is 10.0. The van der Waals surface area contributed by atoms with Crippen LogP contribution in [-0.2, 0) is 11.2 Å². The average molecular weight is 204 g/mol. The Morgan fingerprint density at radius 2 is 2.07 bits per heavy atom. The highest BCUT2D eigenvalue weighted by Gasteiger charge is 2.22. The van der Waals surface area contributed by atoms with E-state index in [0.29, 0.717) is 12.3 Å². The fourth-order valence-electron chi connectivity index (χ4n) is 1.85. The van der Waals surface area contributed by atoms with Crippen LogP contribution in [0.4, 0.5) is 5.69 Å². The highest BCUT2D eigenvalue weighted by molar-refractivity contribution is 5.95. The Morgan fingerprint density at radius 1 is 1.33 bits per heavy atom. The minimum atomic E-state index is 0.182. The molecule has 0 N–H and O–H groups in total. The topological polar surface area (TPSA) is 33.2 Å². The first kappa shape index (κ1) is 10.1. The van der Waals surface area contributed by atoms with E-state index < -0.39 is 0 Å². The van der Waals surface area contributed by atoms with E-state index in [1.807, 2.05) is 19.2 Å². The first-order chi connectivity index (χ1) is 7.09. The number of carbonyl (C=O) groups is 1. The van der Waals surface area contributed by atoms with E-state index in [-0.39, 0.29) is 5.91 Å². The van der Waals surface area contributed by atoms with Crippen LogP contribution in [0.5, 0.6) is 0 Å². The summed E-state index contributed by atoms with van der Waals surface area (Å²) in [4.78, 5) is 17.8. The summed E-state index contributed by atoms with van der Waals surface area (Å²) in [7, 11) is 1.82. The Balaban J connectivity index is 2.42. The van der Waals surface area contributed by atoms with E-state index in [1.54, 1.807) is 4.90 Å². The minimum Gasteiger partial charge on any atom is -0.314 e. The molecule has 0 bridgehead atoms. The van der Waals surface area contributed by atoms with Gasteiger partial charge in [0.1, 0.15) is 0 Å². The largest absolute Gasteiger partial charge is 0.314 e. The van der Waals surface area contributed by atoms with E-state index in [9.17, 15) is 4.79 Å². The zero-order valence-corrected chi connectivity index (χ0v) is 9.45. The van der Waals surface area contributed by atoms with Gasteiger partial charge in [-0.2, -0.15) is 0 Å². The predicted octanol–water partition coefficient (Wildman–Crippen LogP) is 2.11. The molecule has 0 aliphatic carbocycles. The van der Waals surface area contributed by atoms with E-state index >= 15 is 0 Å². The molecule has 1 aromatic rings. The highest BCUT2D eigenvalue weighted by Crippen LogP contribution is 2.26. The molecular formula is C12H16N2O. The summed E-state index contributed by atoms with van der Waals surface area (Å²) in [5, 5.41) is 0. The van der Waals surface area contributed by atoms with E-state index in [1.165, 1.54) is 0 Å². The number of anilines is 1. The molecular weight excluding hydrogens is 188 g/mol. The maximum absolute atomic E-state index is 11.5. The molecule has 0 aromatic carbocycles. The molecule has 0 atom stereocenters.